The summed E-state index contributed by atoms with van der Waals surface area (Å²) in [6.07, 6.45) is 0.379. The Labute approximate surface area is 126 Å². The van der Waals surface area contributed by atoms with Crippen molar-refractivity contribution in [1.29, 1.82) is 0 Å². The minimum Gasteiger partial charge on any atom is -0.356 e. The summed E-state index contributed by atoms with van der Waals surface area (Å²) in [5, 5.41) is 8.61. The van der Waals surface area contributed by atoms with Gasteiger partial charge >= 0.3 is 0 Å². The Morgan fingerprint density at radius 3 is 2.62 bits per heavy atom. The molecule has 0 atom stereocenters. The summed E-state index contributed by atoms with van der Waals surface area (Å²) in [4.78, 5) is 23.2. The molecule has 0 radical (unpaired) electrons. The number of carbonyl (C=O) groups excluding carboxylic acids is 2. The molecule has 1 aromatic rings. The molecule has 0 aromatic heterocycles. The van der Waals surface area contributed by atoms with Gasteiger partial charge in [-0.1, -0.05) is 26.0 Å². The van der Waals surface area contributed by atoms with Gasteiger partial charge in [0.05, 0.1) is 6.54 Å². The van der Waals surface area contributed by atoms with Gasteiger partial charge in [-0.25, -0.2) is 0 Å². The molecule has 1 rings (SSSR count). The van der Waals surface area contributed by atoms with Crippen molar-refractivity contribution in [3.8, 4) is 0 Å². The molecule has 0 saturated carbocycles. The minimum atomic E-state index is -0.108. The summed E-state index contributed by atoms with van der Waals surface area (Å²) in [6, 6.07) is 7.64. The van der Waals surface area contributed by atoms with Gasteiger partial charge < -0.3 is 16.0 Å². The zero-order valence-corrected chi connectivity index (χ0v) is 13.0. The normalized spacial score (nSPS) is 10.5. The second-order valence-electron chi connectivity index (χ2n) is 5.54. The van der Waals surface area contributed by atoms with Crippen LogP contribution in [0, 0.1) is 12.8 Å². The maximum atomic E-state index is 11.7. The number of hydrogen-bond acceptors (Lipinski definition) is 3. The molecular formula is C16H25N3O2. The van der Waals surface area contributed by atoms with Crippen LogP contribution in [0.15, 0.2) is 24.3 Å². The highest BCUT2D eigenvalue weighted by molar-refractivity contribution is 5.92. The second kappa shape index (κ2) is 9.13. The first kappa shape index (κ1) is 17.2. The molecule has 0 aliphatic heterocycles. The van der Waals surface area contributed by atoms with Crippen molar-refractivity contribution in [2.24, 2.45) is 5.92 Å². The molecule has 0 heterocycles. The average Bonchev–Trinajstić information content (AvgIpc) is 2.41. The van der Waals surface area contributed by atoms with Crippen LogP contribution in [0.4, 0.5) is 5.69 Å². The van der Waals surface area contributed by atoms with Gasteiger partial charge in [0, 0.05) is 25.2 Å². The number of amides is 2. The molecule has 0 aliphatic rings. The van der Waals surface area contributed by atoms with Crippen LogP contribution in [0.5, 0.6) is 0 Å². The SMILES string of the molecule is Cc1cccc(NC(=O)CNCCC(=O)NCC(C)C)c1. The Bertz CT molecular complexity index is 472. The summed E-state index contributed by atoms with van der Waals surface area (Å²) in [5.74, 6) is 0.348. The monoisotopic (exact) mass is 291 g/mol. The lowest BCUT2D eigenvalue weighted by Crippen LogP contribution is -2.33. The third-order valence-electron chi connectivity index (χ3n) is 2.82. The van der Waals surface area contributed by atoms with E-state index in [0.29, 0.717) is 25.4 Å². The molecule has 2 amide bonds. The fraction of sp³-hybridized carbons (Fsp3) is 0.500. The van der Waals surface area contributed by atoms with Crippen molar-refractivity contribution in [3.05, 3.63) is 29.8 Å². The topological polar surface area (TPSA) is 70.2 Å². The van der Waals surface area contributed by atoms with E-state index in [-0.39, 0.29) is 18.4 Å². The molecule has 116 valence electrons. The fourth-order valence-corrected chi connectivity index (χ4v) is 1.74. The van der Waals surface area contributed by atoms with Gasteiger partial charge in [-0.2, -0.15) is 0 Å². The molecular weight excluding hydrogens is 266 g/mol. The van der Waals surface area contributed by atoms with Crippen molar-refractivity contribution in [2.45, 2.75) is 27.2 Å². The van der Waals surface area contributed by atoms with Crippen molar-refractivity contribution in [3.63, 3.8) is 0 Å². The number of anilines is 1. The summed E-state index contributed by atoms with van der Waals surface area (Å²) < 4.78 is 0. The second-order valence-corrected chi connectivity index (χ2v) is 5.54. The van der Waals surface area contributed by atoms with Gasteiger partial charge in [0.15, 0.2) is 0 Å². The van der Waals surface area contributed by atoms with Gasteiger partial charge in [-0.3, -0.25) is 9.59 Å². The van der Waals surface area contributed by atoms with Gasteiger partial charge in [0.2, 0.25) is 11.8 Å². The molecule has 0 unspecified atom stereocenters. The predicted octanol–water partition coefficient (Wildman–Crippen LogP) is 1.69. The highest BCUT2D eigenvalue weighted by atomic mass is 16.2. The van der Waals surface area contributed by atoms with Gasteiger partial charge in [0.1, 0.15) is 0 Å². The van der Waals surface area contributed by atoms with Crippen LogP contribution in [0.3, 0.4) is 0 Å². The standard InChI is InChI=1S/C16H25N3O2/c1-12(2)10-18-15(20)7-8-17-11-16(21)19-14-6-4-5-13(3)9-14/h4-6,9,12,17H,7-8,10-11H2,1-3H3,(H,18,20)(H,19,21). The van der Waals surface area contributed by atoms with Crippen LogP contribution >= 0.6 is 0 Å². The lowest BCUT2D eigenvalue weighted by molar-refractivity contribution is -0.121. The zero-order chi connectivity index (χ0) is 15.7. The first-order valence-electron chi connectivity index (χ1n) is 7.31. The van der Waals surface area contributed by atoms with Crippen LogP contribution in [0.1, 0.15) is 25.8 Å². The molecule has 0 spiro atoms. The van der Waals surface area contributed by atoms with E-state index in [1.165, 1.54) is 0 Å². The van der Waals surface area contributed by atoms with Crippen LogP contribution in [-0.2, 0) is 9.59 Å². The van der Waals surface area contributed by atoms with Crippen molar-refractivity contribution in [1.82, 2.24) is 10.6 Å². The number of hydrogen-bond donors (Lipinski definition) is 3. The molecule has 0 aliphatic carbocycles. The highest BCUT2D eigenvalue weighted by Gasteiger charge is 2.04. The molecule has 21 heavy (non-hydrogen) atoms. The van der Waals surface area contributed by atoms with E-state index in [0.717, 1.165) is 11.3 Å². The number of benzene rings is 1. The Morgan fingerprint density at radius 1 is 1.19 bits per heavy atom. The van der Waals surface area contributed by atoms with E-state index in [2.05, 4.69) is 16.0 Å². The van der Waals surface area contributed by atoms with E-state index >= 15 is 0 Å². The molecule has 0 fully saturated rings. The summed E-state index contributed by atoms with van der Waals surface area (Å²) in [6.45, 7) is 7.45. The van der Waals surface area contributed by atoms with Crippen LogP contribution in [0.2, 0.25) is 0 Å². The van der Waals surface area contributed by atoms with Crippen LogP contribution < -0.4 is 16.0 Å². The number of rotatable bonds is 8. The first-order chi connectivity index (χ1) is 9.97. The Hall–Kier alpha value is -1.88. The van der Waals surface area contributed by atoms with Crippen LogP contribution in [-0.4, -0.2) is 31.4 Å². The quantitative estimate of drug-likeness (QED) is 0.638. The molecule has 1 aromatic carbocycles. The lowest BCUT2D eigenvalue weighted by atomic mass is 10.2. The summed E-state index contributed by atoms with van der Waals surface area (Å²) in [5.41, 5.74) is 1.89. The van der Waals surface area contributed by atoms with E-state index in [1.54, 1.807) is 0 Å². The van der Waals surface area contributed by atoms with E-state index in [1.807, 2.05) is 45.0 Å². The molecule has 0 saturated heterocycles. The highest BCUT2D eigenvalue weighted by Crippen LogP contribution is 2.08. The van der Waals surface area contributed by atoms with Crippen molar-refractivity contribution < 1.29 is 9.59 Å². The van der Waals surface area contributed by atoms with E-state index in [9.17, 15) is 9.59 Å². The minimum absolute atomic E-state index is 0.00953. The van der Waals surface area contributed by atoms with Gasteiger partial charge in [-0.05, 0) is 30.5 Å². The van der Waals surface area contributed by atoms with Crippen molar-refractivity contribution >= 4 is 17.5 Å². The fourth-order valence-electron chi connectivity index (χ4n) is 1.74. The number of aryl methyl sites for hydroxylation is 1. The Kier molecular flexibility index (Phi) is 7.46. The number of nitrogens with one attached hydrogen (secondary N) is 3. The molecule has 5 heteroatoms. The Morgan fingerprint density at radius 2 is 1.95 bits per heavy atom. The smallest absolute Gasteiger partial charge is 0.238 e. The van der Waals surface area contributed by atoms with Gasteiger partial charge in [0.25, 0.3) is 0 Å². The van der Waals surface area contributed by atoms with Crippen LogP contribution in [0.25, 0.3) is 0 Å². The largest absolute Gasteiger partial charge is 0.356 e. The maximum absolute atomic E-state index is 11.7. The molecule has 3 N–H and O–H groups in total. The zero-order valence-electron chi connectivity index (χ0n) is 13.0. The summed E-state index contributed by atoms with van der Waals surface area (Å²) in [7, 11) is 0. The maximum Gasteiger partial charge on any atom is 0.238 e. The van der Waals surface area contributed by atoms with E-state index < -0.39 is 0 Å². The number of carbonyl (C=O) groups is 2. The predicted molar refractivity (Wildman–Crippen MR) is 85.1 cm³/mol. The summed E-state index contributed by atoms with van der Waals surface area (Å²) >= 11 is 0. The molecule has 0 bridgehead atoms. The van der Waals surface area contributed by atoms with Crippen molar-refractivity contribution in [2.75, 3.05) is 25.0 Å². The third kappa shape index (κ3) is 8.09. The molecule has 5 nitrogen and oxygen atoms in total. The third-order valence-corrected chi connectivity index (χ3v) is 2.82. The Balaban J connectivity index is 2.15. The average molecular weight is 291 g/mol. The van der Waals surface area contributed by atoms with E-state index in [4.69, 9.17) is 0 Å². The lowest BCUT2D eigenvalue weighted by Gasteiger charge is -2.09. The van der Waals surface area contributed by atoms with Gasteiger partial charge in [-0.15, -0.1) is 0 Å². The first-order valence-corrected chi connectivity index (χ1v) is 7.31.